The van der Waals surface area contributed by atoms with E-state index in [0.29, 0.717) is 23.1 Å². The fourth-order valence-electron chi connectivity index (χ4n) is 5.56. The van der Waals surface area contributed by atoms with Crippen LogP contribution in [-0.2, 0) is 19.2 Å². The smallest absolute Gasteiger partial charge is 0.233 e. The molecule has 0 saturated carbocycles. The number of amides is 2. The average molecular weight is 403 g/mol. The van der Waals surface area contributed by atoms with Gasteiger partial charge in [0.2, 0.25) is 11.8 Å². The maximum absolute atomic E-state index is 13.1. The minimum absolute atomic E-state index is 0.110. The summed E-state index contributed by atoms with van der Waals surface area (Å²) in [7, 11) is 1.51. The van der Waals surface area contributed by atoms with E-state index < -0.39 is 17.8 Å². The Morgan fingerprint density at radius 1 is 1.00 bits per heavy atom. The number of carbonyl (C=O) groups excluding carboxylic acids is 4. The molecule has 2 amide bonds. The van der Waals surface area contributed by atoms with E-state index in [1.807, 2.05) is 6.08 Å². The molecule has 1 aromatic rings. The van der Waals surface area contributed by atoms with Gasteiger partial charge in [0.1, 0.15) is 5.75 Å². The van der Waals surface area contributed by atoms with Crippen molar-refractivity contribution in [2.45, 2.75) is 25.7 Å². The highest BCUT2D eigenvalue weighted by atomic mass is 16.3. The first kappa shape index (κ1) is 18.7. The Labute approximate surface area is 173 Å². The lowest BCUT2D eigenvalue weighted by Gasteiger charge is -2.42. The van der Waals surface area contributed by atoms with Gasteiger partial charge in [-0.05, 0) is 49.5 Å². The Bertz CT molecular complexity index is 1120. The van der Waals surface area contributed by atoms with Gasteiger partial charge in [-0.15, -0.1) is 0 Å². The summed E-state index contributed by atoms with van der Waals surface area (Å²) in [5.41, 5.74) is 3.03. The summed E-state index contributed by atoms with van der Waals surface area (Å²) >= 11 is 0. The SMILES string of the molecule is CC1=CC(=O)C2=C(C1=O)C(c1ccc(O)cc1)C1=CCC3C(=O)N(C)C(=O)C3C1C2. The topological polar surface area (TPSA) is 91.8 Å². The summed E-state index contributed by atoms with van der Waals surface area (Å²) < 4.78 is 0. The molecule has 1 N–H and O–H groups in total. The van der Waals surface area contributed by atoms with Crippen LogP contribution in [0.25, 0.3) is 0 Å². The van der Waals surface area contributed by atoms with Crippen molar-refractivity contribution in [1.29, 1.82) is 0 Å². The van der Waals surface area contributed by atoms with Crippen LogP contribution in [0.2, 0.25) is 0 Å². The second-order valence-corrected chi connectivity index (χ2v) is 8.56. The van der Waals surface area contributed by atoms with Crippen molar-refractivity contribution in [2.75, 3.05) is 7.05 Å². The number of nitrogens with zero attached hydrogens (tertiary/aromatic N) is 1. The highest BCUT2D eigenvalue weighted by Crippen LogP contribution is 2.54. The number of phenols is 1. The molecule has 1 aliphatic heterocycles. The third-order valence-electron chi connectivity index (χ3n) is 7.01. The maximum atomic E-state index is 13.1. The summed E-state index contributed by atoms with van der Waals surface area (Å²) in [5.74, 6) is -2.32. The molecule has 0 aromatic heterocycles. The van der Waals surface area contributed by atoms with Gasteiger partial charge in [-0.2, -0.15) is 0 Å². The number of hydrogen-bond acceptors (Lipinski definition) is 5. The highest BCUT2D eigenvalue weighted by molar-refractivity contribution is 6.23. The van der Waals surface area contributed by atoms with Crippen LogP contribution in [0.3, 0.4) is 0 Å². The van der Waals surface area contributed by atoms with Crippen molar-refractivity contribution in [3.05, 3.63) is 64.3 Å². The van der Waals surface area contributed by atoms with Crippen LogP contribution < -0.4 is 0 Å². The van der Waals surface area contributed by atoms with Gasteiger partial charge in [-0.1, -0.05) is 23.8 Å². The van der Waals surface area contributed by atoms with Crippen molar-refractivity contribution in [2.24, 2.45) is 17.8 Å². The summed E-state index contributed by atoms with van der Waals surface area (Å²) in [4.78, 5) is 52.7. The Kier molecular flexibility index (Phi) is 3.97. The van der Waals surface area contributed by atoms with E-state index in [-0.39, 0.29) is 41.5 Å². The van der Waals surface area contributed by atoms with Gasteiger partial charge in [0.05, 0.1) is 11.8 Å². The molecule has 5 rings (SSSR count). The molecule has 4 unspecified atom stereocenters. The molecule has 6 nitrogen and oxygen atoms in total. The molecule has 0 bridgehead atoms. The molecular formula is C24H21NO5. The first-order valence-electron chi connectivity index (χ1n) is 10.1. The van der Waals surface area contributed by atoms with E-state index in [1.54, 1.807) is 31.2 Å². The lowest BCUT2D eigenvalue weighted by molar-refractivity contribution is -0.138. The molecule has 1 fully saturated rings. The monoisotopic (exact) mass is 403 g/mol. The van der Waals surface area contributed by atoms with Crippen molar-refractivity contribution in [3.63, 3.8) is 0 Å². The maximum Gasteiger partial charge on any atom is 0.233 e. The van der Waals surface area contributed by atoms with Crippen LogP contribution in [-0.4, -0.2) is 40.4 Å². The highest BCUT2D eigenvalue weighted by Gasteiger charge is 2.55. The van der Waals surface area contributed by atoms with E-state index in [4.69, 9.17) is 0 Å². The second kappa shape index (κ2) is 6.36. The molecule has 1 heterocycles. The molecule has 6 heteroatoms. The minimum atomic E-state index is -0.508. The summed E-state index contributed by atoms with van der Waals surface area (Å²) in [6.45, 7) is 1.64. The number of likely N-dealkylation sites (tertiary alicyclic amines) is 1. The van der Waals surface area contributed by atoms with Crippen LogP contribution >= 0.6 is 0 Å². The number of phenolic OH excluding ortho intramolecular Hbond substituents is 1. The Hall–Kier alpha value is -3.28. The van der Waals surface area contributed by atoms with E-state index in [9.17, 15) is 24.3 Å². The number of allylic oxidation sites excluding steroid dienone is 6. The minimum Gasteiger partial charge on any atom is -0.508 e. The van der Waals surface area contributed by atoms with Crippen LogP contribution in [0.5, 0.6) is 5.75 Å². The molecule has 30 heavy (non-hydrogen) atoms. The first-order chi connectivity index (χ1) is 14.3. The summed E-state index contributed by atoms with van der Waals surface area (Å²) in [5, 5.41) is 9.73. The first-order valence-corrected chi connectivity index (χ1v) is 10.1. The summed E-state index contributed by atoms with van der Waals surface area (Å²) in [6.07, 6.45) is 4.10. The van der Waals surface area contributed by atoms with Crippen molar-refractivity contribution in [1.82, 2.24) is 4.90 Å². The zero-order chi connectivity index (χ0) is 21.3. The number of imide groups is 1. The number of ketones is 2. The van der Waals surface area contributed by atoms with Gasteiger partial charge in [0.15, 0.2) is 11.6 Å². The van der Waals surface area contributed by atoms with Gasteiger partial charge >= 0.3 is 0 Å². The van der Waals surface area contributed by atoms with E-state index in [1.165, 1.54) is 18.0 Å². The molecule has 0 spiro atoms. The van der Waals surface area contributed by atoms with Gasteiger partial charge < -0.3 is 5.11 Å². The zero-order valence-electron chi connectivity index (χ0n) is 16.7. The van der Waals surface area contributed by atoms with Crippen LogP contribution in [0.15, 0.2) is 58.7 Å². The van der Waals surface area contributed by atoms with E-state index in [2.05, 4.69) is 0 Å². The quantitative estimate of drug-likeness (QED) is 0.442. The lowest BCUT2D eigenvalue weighted by atomic mass is 9.59. The molecular weight excluding hydrogens is 382 g/mol. The molecule has 0 radical (unpaired) electrons. The lowest BCUT2D eigenvalue weighted by Crippen LogP contribution is -2.39. The average Bonchev–Trinajstić information content (AvgIpc) is 2.95. The standard InChI is InChI=1S/C24H21NO5/c1-11-9-18(27)17-10-16-14(7-8-15-20(16)24(30)25(2)23(15)29)19(21(17)22(11)28)12-3-5-13(26)6-4-12/h3-7,9,15-16,19-20,26H,8,10H2,1-2H3. The van der Waals surface area contributed by atoms with Crippen LogP contribution in [0, 0.1) is 17.8 Å². The van der Waals surface area contributed by atoms with Gasteiger partial charge in [-0.3, -0.25) is 24.1 Å². The normalized spacial score (nSPS) is 30.7. The van der Waals surface area contributed by atoms with E-state index >= 15 is 0 Å². The molecule has 4 aliphatic rings. The van der Waals surface area contributed by atoms with Crippen molar-refractivity contribution >= 4 is 23.4 Å². The molecule has 1 saturated heterocycles. The van der Waals surface area contributed by atoms with E-state index in [0.717, 1.165) is 11.1 Å². The number of hydrogen-bond donors (Lipinski definition) is 1. The van der Waals surface area contributed by atoms with Crippen molar-refractivity contribution < 1.29 is 24.3 Å². The number of carbonyl (C=O) groups is 4. The number of aromatic hydroxyl groups is 1. The van der Waals surface area contributed by atoms with Crippen molar-refractivity contribution in [3.8, 4) is 5.75 Å². The van der Waals surface area contributed by atoms with Gasteiger partial charge in [0, 0.05) is 29.7 Å². The Morgan fingerprint density at radius 2 is 1.70 bits per heavy atom. The molecule has 1 aromatic carbocycles. The second-order valence-electron chi connectivity index (χ2n) is 8.56. The van der Waals surface area contributed by atoms with Crippen LogP contribution in [0.4, 0.5) is 0 Å². The van der Waals surface area contributed by atoms with Gasteiger partial charge in [0.25, 0.3) is 0 Å². The number of fused-ring (bicyclic) bond motifs is 3. The number of benzene rings is 1. The third-order valence-corrected chi connectivity index (χ3v) is 7.01. The number of Topliss-reactive ketones (excluding diaryl/α,β-unsaturated/α-hetero) is 1. The summed E-state index contributed by atoms with van der Waals surface area (Å²) in [6, 6.07) is 6.61. The molecule has 152 valence electrons. The van der Waals surface area contributed by atoms with Gasteiger partial charge in [-0.25, -0.2) is 0 Å². The molecule has 3 aliphatic carbocycles. The predicted molar refractivity (Wildman–Crippen MR) is 107 cm³/mol. The zero-order valence-corrected chi connectivity index (χ0v) is 16.7. The largest absolute Gasteiger partial charge is 0.508 e. The third kappa shape index (κ3) is 2.43. The number of rotatable bonds is 1. The molecule has 4 atom stereocenters. The Morgan fingerprint density at radius 3 is 2.40 bits per heavy atom. The predicted octanol–water partition coefficient (Wildman–Crippen LogP) is 2.45. The Balaban J connectivity index is 1.71. The fourth-order valence-corrected chi connectivity index (χ4v) is 5.56. The van der Waals surface area contributed by atoms with Crippen LogP contribution in [0.1, 0.15) is 31.2 Å². The fraction of sp³-hybridized carbons (Fsp3) is 0.333.